The highest BCUT2D eigenvalue weighted by atomic mass is 32.2. The minimum atomic E-state index is -1.01. The molecule has 6 rings (SSSR count). The molecule has 0 aromatic heterocycles. The van der Waals surface area contributed by atoms with E-state index in [-0.39, 0.29) is 42.1 Å². The number of allylic oxidation sites excluding steroid dienone is 1. The van der Waals surface area contributed by atoms with Gasteiger partial charge in [-0.2, -0.15) is 11.8 Å². The van der Waals surface area contributed by atoms with E-state index < -0.39 is 5.79 Å². The fourth-order valence-corrected chi connectivity index (χ4v) is 9.68. The van der Waals surface area contributed by atoms with Crippen molar-refractivity contribution in [1.82, 2.24) is 0 Å². The number of thioether (sulfide) groups is 1. The maximum absolute atomic E-state index is 11.8. The Hall–Kier alpha value is -4.09. The van der Waals surface area contributed by atoms with Gasteiger partial charge in [0, 0.05) is 31.1 Å². The van der Waals surface area contributed by atoms with Gasteiger partial charge in [-0.05, 0) is 90.8 Å². The van der Waals surface area contributed by atoms with Crippen LogP contribution in [0.1, 0.15) is 79.3 Å². The average molecular weight is 756 g/mol. The van der Waals surface area contributed by atoms with E-state index in [0.29, 0.717) is 48.9 Å². The van der Waals surface area contributed by atoms with Gasteiger partial charge in [0.2, 0.25) is 5.79 Å². The number of fused-ring (bicyclic) bond motifs is 2. The first kappa shape index (κ1) is 39.6. The van der Waals surface area contributed by atoms with E-state index in [1.54, 1.807) is 24.3 Å². The fraction of sp³-hybridized carbons (Fsp3) is 0.455. The molecule has 54 heavy (non-hydrogen) atoms. The Bertz CT molecular complexity index is 1780. The normalized spacial score (nSPS) is 24.8. The van der Waals surface area contributed by atoms with Crippen molar-refractivity contribution in [1.29, 1.82) is 0 Å². The summed E-state index contributed by atoms with van der Waals surface area (Å²) in [6.45, 7) is 7.12. The third kappa shape index (κ3) is 8.57. The van der Waals surface area contributed by atoms with Crippen LogP contribution in [-0.2, 0) is 16.2 Å². The molecule has 0 radical (unpaired) electrons. The Balaban J connectivity index is 1.50. The Morgan fingerprint density at radius 1 is 1.00 bits per heavy atom. The Morgan fingerprint density at radius 2 is 1.76 bits per heavy atom. The lowest BCUT2D eigenvalue weighted by Crippen LogP contribution is -2.64. The molecule has 0 saturated heterocycles. The van der Waals surface area contributed by atoms with Crippen LogP contribution < -0.4 is 14.2 Å². The van der Waals surface area contributed by atoms with Gasteiger partial charge in [0.15, 0.2) is 6.29 Å². The van der Waals surface area contributed by atoms with Crippen molar-refractivity contribution in [3.63, 3.8) is 0 Å². The van der Waals surface area contributed by atoms with Gasteiger partial charge in [0.25, 0.3) is 0 Å². The molecule has 0 bridgehead atoms. The Labute approximate surface area is 323 Å². The molecule has 1 fully saturated rings. The van der Waals surface area contributed by atoms with Crippen LogP contribution in [0.15, 0.2) is 96.2 Å². The minimum Gasteiger partial charge on any atom is -0.496 e. The van der Waals surface area contributed by atoms with Crippen LogP contribution in [0.2, 0.25) is 0 Å². The molecule has 1 aliphatic heterocycles. The second-order valence-corrected chi connectivity index (χ2v) is 15.6. The van der Waals surface area contributed by atoms with E-state index in [1.165, 1.54) is 7.11 Å². The van der Waals surface area contributed by atoms with E-state index in [0.717, 1.165) is 72.3 Å². The zero-order valence-corrected chi connectivity index (χ0v) is 32.2. The largest absolute Gasteiger partial charge is 0.496 e. The van der Waals surface area contributed by atoms with E-state index in [1.807, 2.05) is 54.2 Å². The summed E-state index contributed by atoms with van der Waals surface area (Å²) in [5, 5.41) is 24.4. The van der Waals surface area contributed by atoms with Crippen LogP contribution >= 0.6 is 11.8 Å². The SMILES string of the molecule is C=CCO[C@@]12Oc3ccc(Oc4ccc(OC)c(C=O)c4)cc3[C@H]3[C@H](CCCCO)[C@@H](CCCCO)C=C(C(=NOCc4ccccc4)C[C@@H]1SCC)[C@H]32. The smallest absolute Gasteiger partial charge is 0.230 e. The predicted molar refractivity (Wildman–Crippen MR) is 213 cm³/mol. The highest BCUT2D eigenvalue weighted by Crippen LogP contribution is 2.62. The number of methoxy groups -OCH3 is 1. The molecular weight excluding hydrogens is 703 g/mol. The number of hydrogen-bond acceptors (Lipinski definition) is 10. The quantitative estimate of drug-likeness (QED) is 0.0505. The third-order valence-corrected chi connectivity index (χ3v) is 12.0. The maximum atomic E-state index is 11.8. The van der Waals surface area contributed by atoms with Gasteiger partial charge in [-0.25, -0.2) is 0 Å². The Kier molecular flexibility index (Phi) is 13.9. The van der Waals surface area contributed by atoms with Crippen molar-refractivity contribution >= 4 is 23.8 Å². The summed E-state index contributed by atoms with van der Waals surface area (Å²) in [6, 6.07) is 21.2. The van der Waals surface area contributed by atoms with E-state index in [4.69, 9.17) is 28.9 Å². The number of unbranched alkanes of at least 4 members (excludes halogenated alkanes) is 2. The van der Waals surface area contributed by atoms with Crippen molar-refractivity contribution in [2.45, 2.75) is 75.4 Å². The minimum absolute atomic E-state index is 0.0547. The summed E-state index contributed by atoms with van der Waals surface area (Å²) < 4.78 is 25.9. The van der Waals surface area contributed by atoms with Gasteiger partial charge < -0.3 is 34.0 Å². The lowest BCUT2D eigenvalue weighted by atomic mass is 9.56. The molecule has 3 aromatic rings. The van der Waals surface area contributed by atoms with Crippen LogP contribution in [0.3, 0.4) is 0 Å². The number of carbonyl (C=O) groups excluding carboxylic acids is 1. The summed E-state index contributed by atoms with van der Waals surface area (Å²) in [5.41, 5.74) is 4.46. The van der Waals surface area contributed by atoms with Crippen LogP contribution in [0.4, 0.5) is 0 Å². The molecule has 1 saturated carbocycles. The van der Waals surface area contributed by atoms with Crippen LogP contribution in [0, 0.1) is 17.8 Å². The summed E-state index contributed by atoms with van der Waals surface area (Å²) in [7, 11) is 1.53. The number of nitrogens with zero attached hydrogens (tertiary/aromatic N) is 1. The molecule has 2 aliphatic carbocycles. The van der Waals surface area contributed by atoms with Crippen molar-refractivity contribution in [3.05, 3.63) is 108 Å². The number of aliphatic hydroxyl groups excluding tert-OH is 2. The lowest BCUT2D eigenvalue weighted by molar-refractivity contribution is -0.223. The molecule has 2 N–H and O–H groups in total. The van der Waals surface area contributed by atoms with Crippen molar-refractivity contribution in [3.8, 4) is 23.0 Å². The first-order valence-corrected chi connectivity index (χ1v) is 20.2. The van der Waals surface area contributed by atoms with Crippen LogP contribution in [0.5, 0.6) is 23.0 Å². The van der Waals surface area contributed by atoms with Gasteiger partial charge >= 0.3 is 0 Å². The number of rotatable bonds is 20. The van der Waals surface area contributed by atoms with Crippen molar-refractivity contribution < 1.29 is 38.8 Å². The van der Waals surface area contributed by atoms with Crippen LogP contribution in [0.25, 0.3) is 0 Å². The molecule has 9 nitrogen and oxygen atoms in total. The number of benzene rings is 3. The summed E-state index contributed by atoms with van der Waals surface area (Å²) in [5.74, 6) is 2.28. The monoisotopic (exact) mass is 755 g/mol. The third-order valence-electron chi connectivity index (χ3n) is 10.8. The van der Waals surface area contributed by atoms with Crippen molar-refractivity contribution in [2.24, 2.45) is 22.9 Å². The highest BCUT2D eigenvalue weighted by molar-refractivity contribution is 8.00. The fourth-order valence-electron chi connectivity index (χ4n) is 8.50. The molecule has 0 unspecified atom stereocenters. The Morgan fingerprint density at radius 3 is 2.48 bits per heavy atom. The van der Waals surface area contributed by atoms with Crippen LogP contribution in [-0.4, -0.2) is 65.9 Å². The summed E-state index contributed by atoms with van der Waals surface area (Å²) >= 11 is 1.81. The number of aldehydes is 1. The molecule has 288 valence electrons. The standard InChI is InChI=1S/C44H53NO8S/c1-4-23-50-44-41(54-5-2)27-38(45-51-29-30-13-7-6-8-14-30)36-25-31(15-9-11-21-46)35(16-10-12-22-47)42(43(36)44)37-26-34(18-20-40(37)53-44)52-33-17-19-39(49-3)32(24-33)28-48/h4,6-8,13-14,17-20,24-26,28,31,35,41-43,46-47H,1,5,9-12,15-16,21-23,27,29H2,2-3H3/t31-,35+,41-,42+,43+,44+/m0/s1. The van der Waals surface area contributed by atoms with E-state index in [9.17, 15) is 15.0 Å². The molecule has 1 heterocycles. The van der Waals surface area contributed by atoms with Crippen molar-refractivity contribution in [2.75, 3.05) is 32.7 Å². The van der Waals surface area contributed by atoms with Gasteiger partial charge in [-0.3, -0.25) is 4.79 Å². The number of ether oxygens (including phenoxy) is 4. The van der Waals surface area contributed by atoms with Gasteiger partial charge in [-0.15, -0.1) is 6.58 Å². The topological polar surface area (TPSA) is 116 Å². The molecule has 0 amide bonds. The summed E-state index contributed by atoms with van der Waals surface area (Å²) in [4.78, 5) is 17.9. The summed E-state index contributed by atoms with van der Waals surface area (Å²) in [6.07, 6.45) is 10.5. The van der Waals surface area contributed by atoms with Gasteiger partial charge in [0.05, 0.1) is 36.2 Å². The second kappa shape index (κ2) is 19.0. The van der Waals surface area contributed by atoms with Gasteiger partial charge in [0.1, 0.15) is 29.6 Å². The number of carbonyl (C=O) groups is 1. The molecule has 6 atom stereocenters. The lowest BCUT2D eigenvalue weighted by Gasteiger charge is -2.58. The zero-order valence-electron chi connectivity index (χ0n) is 31.4. The maximum Gasteiger partial charge on any atom is 0.230 e. The molecule has 10 heteroatoms. The number of aliphatic hydroxyl groups is 2. The second-order valence-electron chi connectivity index (χ2n) is 14.1. The zero-order chi connectivity index (χ0) is 37.9. The first-order valence-electron chi connectivity index (χ1n) is 19.2. The highest BCUT2D eigenvalue weighted by Gasteiger charge is 2.63. The van der Waals surface area contributed by atoms with E-state index >= 15 is 0 Å². The molecule has 3 aliphatic rings. The number of hydrogen-bond donors (Lipinski definition) is 2. The first-order chi connectivity index (χ1) is 26.5. The molecule has 0 spiro atoms. The number of oxime groups is 1. The average Bonchev–Trinajstić information content (AvgIpc) is 3.20. The molecular formula is C44H53NO8S. The van der Waals surface area contributed by atoms with Gasteiger partial charge in [-0.1, -0.05) is 67.4 Å². The predicted octanol–water partition coefficient (Wildman–Crippen LogP) is 8.89. The molecule has 3 aromatic carbocycles. The van der Waals surface area contributed by atoms with E-state index in [2.05, 4.69) is 25.6 Å².